The summed E-state index contributed by atoms with van der Waals surface area (Å²) in [7, 11) is 1.57. The highest BCUT2D eigenvalue weighted by molar-refractivity contribution is 5.90. The van der Waals surface area contributed by atoms with Gasteiger partial charge in [-0.1, -0.05) is 6.07 Å². The van der Waals surface area contributed by atoms with Crippen LogP contribution in [0.1, 0.15) is 6.92 Å². The van der Waals surface area contributed by atoms with E-state index in [0.29, 0.717) is 18.8 Å². The number of nitrogens with zero attached hydrogens (tertiary/aromatic N) is 1. The lowest BCUT2D eigenvalue weighted by Gasteiger charge is -2.13. The van der Waals surface area contributed by atoms with Crippen LogP contribution in [0.25, 0.3) is 0 Å². The van der Waals surface area contributed by atoms with Crippen molar-refractivity contribution in [3.8, 4) is 5.75 Å². The number of hydrogen-bond donors (Lipinski definition) is 1. The Bertz CT molecular complexity index is 489. The number of methoxy groups -OCH3 is 1. The molecule has 2 amide bonds. The molecular formula is C13H16N2O4. The van der Waals surface area contributed by atoms with E-state index in [2.05, 4.69) is 5.32 Å². The summed E-state index contributed by atoms with van der Waals surface area (Å²) < 4.78 is 10.3. The summed E-state index contributed by atoms with van der Waals surface area (Å²) in [5, 5.41) is 2.64. The number of ether oxygens (including phenoxy) is 2. The number of carbonyl (C=O) groups excluding carboxylic acids is 2. The molecule has 0 radical (unpaired) electrons. The number of amides is 2. The third-order valence-corrected chi connectivity index (χ3v) is 2.82. The van der Waals surface area contributed by atoms with E-state index in [-0.39, 0.29) is 12.0 Å². The van der Waals surface area contributed by atoms with E-state index >= 15 is 0 Å². The minimum Gasteiger partial charge on any atom is -0.497 e. The molecule has 1 aromatic rings. The summed E-state index contributed by atoms with van der Waals surface area (Å²) >= 11 is 0. The van der Waals surface area contributed by atoms with E-state index in [0.717, 1.165) is 5.69 Å². The van der Waals surface area contributed by atoms with E-state index in [1.807, 2.05) is 12.1 Å². The van der Waals surface area contributed by atoms with Crippen molar-refractivity contribution in [3.63, 3.8) is 0 Å². The fourth-order valence-electron chi connectivity index (χ4n) is 1.87. The maximum atomic E-state index is 11.8. The number of nitrogens with one attached hydrogen (secondary N) is 1. The molecule has 1 atom stereocenters. The molecule has 1 saturated heterocycles. The standard InChI is InChI=1S/C13H16N2O4/c1-9(16)14-7-12-8-15(13(17)19-12)10-4-3-5-11(6-10)18-2/h3-6,12H,7-8H2,1-2H3,(H,14,16)/t12-/m0/s1. The van der Waals surface area contributed by atoms with Crippen LogP contribution < -0.4 is 15.0 Å². The molecule has 6 heteroatoms. The number of benzene rings is 1. The van der Waals surface area contributed by atoms with Crippen LogP contribution in [0.5, 0.6) is 5.75 Å². The van der Waals surface area contributed by atoms with Crippen LogP contribution >= 0.6 is 0 Å². The second kappa shape index (κ2) is 5.60. The number of anilines is 1. The van der Waals surface area contributed by atoms with E-state index in [9.17, 15) is 9.59 Å². The predicted octanol–water partition coefficient (Wildman–Crippen LogP) is 1.16. The average Bonchev–Trinajstić information content (AvgIpc) is 2.78. The number of carbonyl (C=O) groups is 2. The first-order valence-electron chi connectivity index (χ1n) is 5.97. The van der Waals surface area contributed by atoms with Crippen LogP contribution in [0.4, 0.5) is 10.5 Å². The van der Waals surface area contributed by atoms with Crippen LogP contribution in [0.3, 0.4) is 0 Å². The van der Waals surface area contributed by atoms with Gasteiger partial charge in [0, 0.05) is 13.0 Å². The molecule has 0 spiro atoms. The van der Waals surface area contributed by atoms with Crippen molar-refractivity contribution >= 4 is 17.7 Å². The molecule has 0 unspecified atom stereocenters. The maximum Gasteiger partial charge on any atom is 0.414 e. The Morgan fingerprint density at radius 1 is 1.58 bits per heavy atom. The molecule has 1 aromatic carbocycles. The van der Waals surface area contributed by atoms with Crippen LogP contribution in [-0.4, -0.2) is 38.3 Å². The van der Waals surface area contributed by atoms with Crippen molar-refractivity contribution in [3.05, 3.63) is 24.3 Å². The maximum absolute atomic E-state index is 11.8. The zero-order valence-corrected chi connectivity index (χ0v) is 10.9. The average molecular weight is 264 g/mol. The Labute approximate surface area is 111 Å². The summed E-state index contributed by atoms with van der Waals surface area (Å²) in [6.45, 7) is 2.16. The van der Waals surface area contributed by atoms with Crippen molar-refractivity contribution < 1.29 is 19.1 Å². The largest absolute Gasteiger partial charge is 0.497 e. The van der Waals surface area contributed by atoms with Gasteiger partial charge in [-0.15, -0.1) is 0 Å². The zero-order chi connectivity index (χ0) is 13.8. The first-order chi connectivity index (χ1) is 9.10. The lowest BCUT2D eigenvalue weighted by Crippen LogP contribution is -2.33. The minimum absolute atomic E-state index is 0.143. The Hall–Kier alpha value is -2.24. The summed E-state index contributed by atoms with van der Waals surface area (Å²) in [6, 6.07) is 7.19. The second-order valence-electron chi connectivity index (χ2n) is 4.25. The number of hydrogen-bond acceptors (Lipinski definition) is 4. The topological polar surface area (TPSA) is 67.9 Å². The normalized spacial score (nSPS) is 18.1. The Kier molecular flexibility index (Phi) is 3.89. The molecule has 1 fully saturated rings. The third-order valence-electron chi connectivity index (χ3n) is 2.82. The highest BCUT2D eigenvalue weighted by atomic mass is 16.6. The van der Waals surface area contributed by atoms with E-state index in [1.54, 1.807) is 19.2 Å². The van der Waals surface area contributed by atoms with E-state index < -0.39 is 6.09 Å². The van der Waals surface area contributed by atoms with Gasteiger partial charge in [0.25, 0.3) is 0 Å². The highest BCUT2D eigenvalue weighted by Gasteiger charge is 2.32. The van der Waals surface area contributed by atoms with Crippen LogP contribution in [0.15, 0.2) is 24.3 Å². The lowest BCUT2D eigenvalue weighted by molar-refractivity contribution is -0.119. The minimum atomic E-state index is -0.413. The molecule has 1 aliphatic heterocycles. The third kappa shape index (κ3) is 3.15. The van der Waals surface area contributed by atoms with Gasteiger partial charge in [0.05, 0.1) is 25.9 Å². The molecule has 102 valence electrons. The van der Waals surface area contributed by atoms with Gasteiger partial charge >= 0.3 is 6.09 Å². The zero-order valence-electron chi connectivity index (χ0n) is 10.9. The second-order valence-corrected chi connectivity index (χ2v) is 4.25. The van der Waals surface area contributed by atoms with Gasteiger partial charge < -0.3 is 14.8 Å². The first kappa shape index (κ1) is 13.2. The fourth-order valence-corrected chi connectivity index (χ4v) is 1.87. The molecule has 1 N–H and O–H groups in total. The smallest absolute Gasteiger partial charge is 0.414 e. The van der Waals surface area contributed by atoms with E-state index in [4.69, 9.17) is 9.47 Å². The van der Waals surface area contributed by atoms with Gasteiger partial charge in [0.15, 0.2) is 0 Å². The van der Waals surface area contributed by atoms with Crippen molar-refractivity contribution in [1.82, 2.24) is 5.32 Å². The summed E-state index contributed by atoms with van der Waals surface area (Å²) in [5.74, 6) is 0.534. The van der Waals surface area contributed by atoms with Gasteiger partial charge in [-0.05, 0) is 12.1 Å². The summed E-state index contributed by atoms with van der Waals surface area (Å²) in [5.41, 5.74) is 0.717. The van der Waals surface area contributed by atoms with Gasteiger partial charge in [-0.2, -0.15) is 0 Å². The number of rotatable bonds is 4. The summed E-state index contributed by atoms with van der Waals surface area (Å²) in [6.07, 6.45) is -0.744. The molecule has 0 bridgehead atoms. The van der Waals surface area contributed by atoms with Crippen molar-refractivity contribution in [2.24, 2.45) is 0 Å². The molecule has 19 heavy (non-hydrogen) atoms. The lowest BCUT2D eigenvalue weighted by atomic mass is 10.2. The van der Waals surface area contributed by atoms with Crippen LogP contribution in [0.2, 0.25) is 0 Å². The van der Waals surface area contributed by atoms with Crippen LogP contribution in [-0.2, 0) is 9.53 Å². The monoisotopic (exact) mass is 264 g/mol. The van der Waals surface area contributed by atoms with Gasteiger partial charge in [-0.25, -0.2) is 4.79 Å². The molecule has 0 aliphatic carbocycles. The molecule has 6 nitrogen and oxygen atoms in total. The van der Waals surface area contributed by atoms with Crippen molar-refractivity contribution in [1.29, 1.82) is 0 Å². The highest BCUT2D eigenvalue weighted by Crippen LogP contribution is 2.25. The van der Waals surface area contributed by atoms with Gasteiger partial charge in [0.1, 0.15) is 11.9 Å². The van der Waals surface area contributed by atoms with Gasteiger partial charge in [-0.3, -0.25) is 9.69 Å². The summed E-state index contributed by atoms with van der Waals surface area (Å²) in [4.78, 5) is 24.1. The molecule has 0 aromatic heterocycles. The molecule has 2 rings (SSSR count). The SMILES string of the molecule is COc1cccc(N2C[C@H](CNC(C)=O)OC2=O)c1. The predicted molar refractivity (Wildman–Crippen MR) is 69.3 cm³/mol. The fraction of sp³-hybridized carbons (Fsp3) is 0.385. The van der Waals surface area contributed by atoms with Crippen molar-refractivity contribution in [2.75, 3.05) is 25.1 Å². The molecule has 1 heterocycles. The first-order valence-corrected chi connectivity index (χ1v) is 5.97. The van der Waals surface area contributed by atoms with E-state index in [1.165, 1.54) is 11.8 Å². The Morgan fingerprint density at radius 2 is 2.37 bits per heavy atom. The molecular weight excluding hydrogens is 248 g/mol. The Morgan fingerprint density at radius 3 is 3.05 bits per heavy atom. The number of cyclic esters (lactones) is 1. The van der Waals surface area contributed by atoms with Crippen molar-refractivity contribution in [2.45, 2.75) is 13.0 Å². The van der Waals surface area contributed by atoms with Crippen LogP contribution in [0, 0.1) is 0 Å². The molecule has 0 saturated carbocycles. The quantitative estimate of drug-likeness (QED) is 0.886. The van der Waals surface area contributed by atoms with Gasteiger partial charge in [0.2, 0.25) is 5.91 Å². The molecule has 1 aliphatic rings. The Balaban J connectivity index is 2.04.